The summed E-state index contributed by atoms with van der Waals surface area (Å²) in [5.41, 5.74) is 0.974. The molecule has 0 saturated heterocycles. The monoisotopic (exact) mass is 328 g/mol. The summed E-state index contributed by atoms with van der Waals surface area (Å²) in [5, 5.41) is 10.6. The predicted octanol–water partition coefficient (Wildman–Crippen LogP) is 2.59. The Labute approximate surface area is 138 Å². The van der Waals surface area contributed by atoms with Gasteiger partial charge in [0.25, 0.3) is 5.91 Å². The van der Waals surface area contributed by atoms with E-state index in [-0.39, 0.29) is 23.5 Å². The van der Waals surface area contributed by atoms with Crippen molar-refractivity contribution in [2.45, 2.75) is 19.4 Å². The number of carbonyl (C=O) groups excluding carboxylic acids is 1. The molecule has 3 rings (SSSR count). The summed E-state index contributed by atoms with van der Waals surface area (Å²) < 4.78 is 20.1. The summed E-state index contributed by atoms with van der Waals surface area (Å²) in [6.45, 7) is 2.31. The van der Waals surface area contributed by atoms with E-state index in [1.807, 2.05) is 13.0 Å². The number of carbonyl (C=O) groups is 1. The molecular weight excluding hydrogens is 311 g/mol. The van der Waals surface area contributed by atoms with Crippen LogP contribution in [0.3, 0.4) is 0 Å². The van der Waals surface area contributed by atoms with E-state index in [0.717, 1.165) is 11.3 Å². The summed E-state index contributed by atoms with van der Waals surface area (Å²) in [5.74, 6) is 0.188. The maximum absolute atomic E-state index is 13.3. The largest absolute Gasteiger partial charge is 0.469 e. The molecule has 2 aromatic heterocycles. The van der Waals surface area contributed by atoms with E-state index in [1.54, 1.807) is 30.7 Å². The first-order valence-corrected chi connectivity index (χ1v) is 7.61. The number of nitrogens with one attached hydrogen (secondary N) is 1. The second kappa shape index (κ2) is 7.08. The minimum absolute atomic E-state index is 0.220. The Morgan fingerprint density at radius 2 is 2.25 bits per heavy atom. The van der Waals surface area contributed by atoms with E-state index < -0.39 is 0 Å². The summed E-state index contributed by atoms with van der Waals surface area (Å²) >= 11 is 0. The molecule has 7 heteroatoms. The Morgan fingerprint density at radius 1 is 1.38 bits per heavy atom. The van der Waals surface area contributed by atoms with Crippen LogP contribution in [0.1, 0.15) is 34.8 Å². The van der Waals surface area contributed by atoms with Gasteiger partial charge in [0, 0.05) is 13.0 Å². The van der Waals surface area contributed by atoms with Crippen molar-refractivity contribution < 1.29 is 13.6 Å². The van der Waals surface area contributed by atoms with Crippen LogP contribution in [0.2, 0.25) is 0 Å². The summed E-state index contributed by atoms with van der Waals surface area (Å²) in [6, 6.07) is 9.70. The molecule has 3 aromatic rings. The van der Waals surface area contributed by atoms with Gasteiger partial charge in [-0.3, -0.25) is 4.79 Å². The van der Waals surface area contributed by atoms with Crippen LogP contribution in [0, 0.1) is 5.82 Å². The van der Waals surface area contributed by atoms with E-state index in [0.29, 0.717) is 13.0 Å². The van der Waals surface area contributed by atoms with Gasteiger partial charge < -0.3 is 9.73 Å². The number of rotatable bonds is 6. The maximum atomic E-state index is 13.3. The Hall–Kier alpha value is -2.96. The zero-order valence-electron chi connectivity index (χ0n) is 13.1. The van der Waals surface area contributed by atoms with Crippen molar-refractivity contribution in [1.82, 2.24) is 20.3 Å². The lowest BCUT2D eigenvalue weighted by Gasteiger charge is -2.11. The normalized spacial score (nSPS) is 12.1. The van der Waals surface area contributed by atoms with Crippen LogP contribution in [0.25, 0.3) is 0 Å². The van der Waals surface area contributed by atoms with Gasteiger partial charge in [-0.25, -0.2) is 9.07 Å². The number of benzene rings is 1. The predicted molar refractivity (Wildman–Crippen MR) is 85.0 cm³/mol. The van der Waals surface area contributed by atoms with Crippen molar-refractivity contribution in [1.29, 1.82) is 0 Å². The number of hydrogen-bond donors (Lipinski definition) is 1. The molecule has 0 spiro atoms. The Morgan fingerprint density at radius 3 is 3.00 bits per heavy atom. The fraction of sp³-hybridized carbons (Fsp3) is 0.235. The molecule has 1 atom stereocenters. The van der Waals surface area contributed by atoms with Gasteiger partial charge in [0.05, 0.1) is 18.5 Å². The average Bonchev–Trinajstić information content (AvgIpc) is 3.26. The lowest BCUT2D eigenvalue weighted by Crippen LogP contribution is -2.26. The standard InChI is InChI=1S/C17H17FN4O2/c1-12(13-4-2-5-14(18)10-13)22-11-16(20-21-22)17(23)19-8-7-15-6-3-9-24-15/h2-6,9-12H,7-8H2,1H3,(H,19,23). The minimum Gasteiger partial charge on any atom is -0.469 e. The van der Waals surface area contributed by atoms with Gasteiger partial charge in [-0.05, 0) is 36.8 Å². The molecule has 1 amide bonds. The Kier molecular flexibility index (Phi) is 4.69. The van der Waals surface area contributed by atoms with Crippen LogP contribution in [-0.4, -0.2) is 27.4 Å². The van der Waals surface area contributed by atoms with Crippen LogP contribution in [-0.2, 0) is 6.42 Å². The molecule has 0 fully saturated rings. The van der Waals surface area contributed by atoms with E-state index in [9.17, 15) is 9.18 Å². The average molecular weight is 328 g/mol. The first kappa shape index (κ1) is 15.9. The van der Waals surface area contributed by atoms with E-state index in [4.69, 9.17) is 4.42 Å². The van der Waals surface area contributed by atoms with E-state index >= 15 is 0 Å². The molecule has 1 unspecified atom stereocenters. The lowest BCUT2D eigenvalue weighted by atomic mass is 10.1. The number of amides is 1. The second-order valence-corrected chi connectivity index (χ2v) is 5.40. The lowest BCUT2D eigenvalue weighted by molar-refractivity contribution is 0.0948. The van der Waals surface area contributed by atoms with Crippen LogP contribution in [0.5, 0.6) is 0 Å². The molecule has 0 aliphatic carbocycles. The molecule has 0 saturated carbocycles. The fourth-order valence-corrected chi connectivity index (χ4v) is 2.33. The van der Waals surface area contributed by atoms with Crippen LogP contribution in [0.15, 0.2) is 53.3 Å². The highest BCUT2D eigenvalue weighted by molar-refractivity contribution is 5.91. The number of nitrogens with zero attached hydrogens (tertiary/aromatic N) is 3. The van der Waals surface area contributed by atoms with Crippen molar-refractivity contribution in [2.75, 3.05) is 6.54 Å². The van der Waals surface area contributed by atoms with Crippen molar-refractivity contribution in [3.63, 3.8) is 0 Å². The van der Waals surface area contributed by atoms with Gasteiger partial charge in [-0.2, -0.15) is 0 Å². The molecule has 0 bridgehead atoms. The van der Waals surface area contributed by atoms with E-state index in [2.05, 4.69) is 15.6 Å². The van der Waals surface area contributed by atoms with Crippen LogP contribution < -0.4 is 5.32 Å². The minimum atomic E-state index is -0.310. The van der Waals surface area contributed by atoms with Gasteiger partial charge in [-0.1, -0.05) is 17.3 Å². The van der Waals surface area contributed by atoms with Crippen molar-refractivity contribution in [2.24, 2.45) is 0 Å². The van der Waals surface area contributed by atoms with Crippen LogP contribution >= 0.6 is 0 Å². The molecule has 0 radical (unpaired) electrons. The summed E-state index contributed by atoms with van der Waals surface area (Å²) in [4.78, 5) is 12.1. The Balaban J connectivity index is 1.61. The summed E-state index contributed by atoms with van der Waals surface area (Å²) in [7, 11) is 0. The first-order valence-electron chi connectivity index (χ1n) is 7.61. The van der Waals surface area contributed by atoms with Crippen molar-refractivity contribution in [3.05, 3.63) is 71.7 Å². The number of furan rings is 1. The fourth-order valence-electron chi connectivity index (χ4n) is 2.33. The number of hydrogen-bond acceptors (Lipinski definition) is 4. The molecule has 24 heavy (non-hydrogen) atoms. The van der Waals surface area contributed by atoms with Gasteiger partial charge in [0.2, 0.25) is 0 Å². The smallest absolute Gasteiger partial charge is 0.273 e. The zero-order valence-corrected chi connectivity index (χ0v) is 13.1. The van der Waals surface area contributed by atoms with Gasteiger partial charge in [-0.15, -0.1) is 5.10 Å². The third kappa shape index (κ3) is 3.68. The zero-order chi connectivity index (χ0) is 16.9. The third-order valence-corrected chi connectivity index (χ3v) is 3.71. The molecule has 6 nitrogen and oxygen atoms in total. The SMILES string of the molecule is CC(c1cccc(F)c1)n1cc(C(=O)NCCc2ccco2)nn1. The Bertz CT molecular complexity index is 814. The first-order chi connectivity index (χ1) is 11.6. The van der Waals surface area contributed by atoms with Gasteiger partial charge in [0.1, 0.15) is 11.6 Å². The maximum Gasteiger partial charge on any atom is 0.273 e. The number of aromatic nitrogens is 3. The quantitative estimate of drug-likeness (QED) is 0.755. The van der Waals surface area contributed by atoms with E-state index in [1.165, 1.54) is 16.8 Å². The van der Waals surface area contributed by atoms with Crippen LogP contribution in [0.4, 0.5) is 4.39 Å². The van der Waals surface area contributed by atoms with Gasteiger partial charge >= 0.3 is 0 Å². The number of halogens is 1. The topological polar surface area (TPSA) is 73.0 Å². The molecular formula is C17H17FN4O2. The highest BCUT2D eigenvalue weighted by Gasteiger charge is 2.15. The van der Waals surface area contributed by atoms with Gasteiger partial charge in [0.15, 0.2) is 5.69 Å². The molecule has 0 aliphatic heterocycles. The summed E-state index contributed by atoms with van der Waals surface area (Å²) in [6.07, 6.45) is 3.75. The highest BCUT2D eigenvalue weighted by atomic mass is 19.1. The molecule has 1 N–H and O–H groups in total. The molecule has 1 aromatic carbocycles. The second-order valence-electron chi connectivity index (χ2n) is 5.40. The molecule has 0 aliphatic rings. The molecule has 2 heterocycles. The highest BCUT2D eigenvalue weighted by Crippen LogP contribution is 2.17. The third-order valence-electron chi connectivity index (χ3n) is 3.71. The molecule has 124 valence electrons. The van der Waals surface area contributed by atoms with Crippen molar-refractivity contribution >= 4 is 5.91 Å². The van der Waals surface area contributed by atoms with Crippen molar-refractivity contribution in [3.8, 4) is 0 Å².